The number of nitrogens with one attached hydrogen (secondary N) is 1. The van der Waals surface area contributed by atoms with E-state index >= 15 is 0 Å². The predicted molar refractivity (Wildman–Crippen MR) is 107 cm³/mol. The van der Waals surface area contributed by atoms with E-state index in [9.17, 15) is 26.7 Å². The average Bonchev–Trinajstić information content (AvgIpc) is 3.54. The minimum Gasteiger partial charge on any atom is -0.476 e. The topological polar surface area (TPSA) is 66.8 Å². The summed E-state index contributed by atoms with van der Waals surface area (Å²) in [6, 6.07) is 1.60. The molecule has 1 aliphatic carbocycles. The average molecular weight is 458 g/mol. The normalized spacial score (nSPS) is 20.1. The van der Waals surface area contributed by atoms with Gasteiger partial charge in [-0.2, -0.15) is 13.2 Å². The zero-order chi connectivity index (χ0) is 23.5. The van der Waals surface area contributed by atoms with Crippen LogP contribution in [-0.4, -0.2) is 53.3 Å². The number of allylic oxidation sites excluding steroid dienone is 1. The highest BCUT2D eigenvalue weighted by Gasteiger charge is 2.45. The highest BCUT2D eigenvalue weighted by Crippen LogP contribution is 2.34. The number of hydrogen-bond acceptors (Lipinski definition) is 5. The van der Waals surface area contributed by atoms with Gasteiger partial charge < -0.3 is 15.0 Å². The molecule has 11 heteroatoms. The SMILES string of the molecule is C=CC(=N/C(OCC1CC1)=C(\C)N1CC(F)(F)C1)C(=O)NC(c1ccccn1)C(F)(F)F. The van der Waals surface area contributed by atoms with E-state index in [-0.39, 0.29) is 18.2 Å². The van der Waals surface area contributed by atoms with E-state index in [4.69, 9.17) is 4.74 Å². The van der Waals surface area contributed by atoms with Gasteiger partial charge in [0.1, 0.15) is 5.71 Å². The number of carbonyl (C=O) groups is 1. The summed E-state index contributed by atoms with van der Waals surface area (Å²) in [5.74, 6) is -3.79. The molecule has 32 heavy (non-hydrogen) atoms. The molecule has 0 radical (unpaired) electrons. The van der Waals surface area contributed by atoms with Crippen LogP contribution in [0.3, 0.4) is 0 Å². The number of carbonyl (C=O) groups excluding carboxylic acids is 1. The second kappa shape index (κ2) is 9.25. The summed E-state index contributed by atoms with van der Waals surface area (Å²) in [7, 11) is 0. The lowest BCUT2D eigenvalue weighted by molar-refractivity contribution is -0.162. The Morgan fingerprint density at radius 3 is 2.59 bits per heavy atom. The van der Waals surface area contributed by atoms with Crippen LogP contribution in [0, 0.1) is 5.92 Å². The van der Waals surface area contributed by atoms with Crippen LogP contribution in [0.1, 0.15) is 31.5 Å². The zero-order valence-electron chi connectivity index (χ0n) is 17.3. The number of pyridine rings is 1. The van der Waals surface area contributed by atoms with Gasteiger partial charge in [-0.3, -0.25) is 9.78 Å². The van der Waals surface area contributed by atoms with Crippen molar-refractivity contribution in [1.82, 2.24) is 15.2 Å². The Kier molecular flexibility index (Phi) is 6.85. The molecule has 1 saturated carbocycles. The Morgan fingerprint density at radius 2 is 2.09 bits per heavy atom. The van der Waals surface area contributed by atoms with Gasteiger partial charge in [-0.05, 0) is 43.9 Å². The predicted octanol–water partition coefficient (Wildman–Crippen LogP) is 3.99. The molecule has 174 valence electrons. The molecule has 2 fully saturated rings. The lowest BCUT2D eigenvalue weighted by atomic mass is 10.1. The summed E-state index contributed by atoms with van der Waals surface area (Å²) in [4.78, 5) is 21.7. The van der Waals surface area contributed by atoms with Gasteiger partial charge in [0, 0.05) is 6.20 Å². The fourth-order valence-corrected chi connectivity index (χ4v) is 2.96. The van der Waals surface area contributed by atoms with Crippen molar-refractivity contribution < 1.29 is 31.5 Å². The molecule has 2 aliphatic rings. The monoisotopic (exact) mass is 458 g/mol. The maximum absolute atomic E-state index is 13.5. The molecule has 0 spiro atoms. The second-order valence-corrected chi connectivity index (χ2v) is 7.76. The lowest BCUT2D eigenvalue weighted by Gasteiger charge is -2.41. The molecule has 2 heterocycles. The van der Waals surface area contributed by atoms with Gasteiger partial charge in [0.05, 0.1) is 31.1 Å². The second-order valence-electron chi connectivity index (χ2n) is 7.76. The number of aliphatic imine (C=N–C) groups is 1. The Morgan fingerprint density at radius 1 is 1.41 bits per heavy atom. The number of hydrogen-bond donors (Lipinski definition) is 1. The van der Waals surface area contributed by atoms with Crippen LogP contribution in [0.5, 0.6) is 0 Å². The summed E-state index contributed by atoms with van der Waals surface area (Å²) < 4.78 is 72.8. The number of rotatable bonds is 9. The van der Waals surface area contributed by atoms with Crippen molar-refractivity contribution in [3.05, 3.63) is 54.3 Å². The van der Waals surface area contributed by atoms with Crippen LogP contribution >= 0.6 is 0 Å². The molecular formula is C21H23F5N4O2. The first-order valence-corrected chi connectivity index (χ1v) is 9.96. The highest BCUT2D eigenvalue weighted by atomic mass is 19.4. The molecule has 1 aromatic heterocycles. The van der Waals surface area contributed by atoms with Gasteiger partial charge in [-0.15, -0.1) is 0 Å². The fourth-order valence-electron chi connectivity index (χ4n) is 2.96. The standard InChI is InChI=1S/C21H23F5N4O2/c1-3-15(18(31)29-17(21(24,25)26)16-6-4-5-9-27-16)28-19(32-10-14-7-8-14)13(2)30-11-20(22,23)12-30/h3-6,9,14,17H,1,7-8,10-12H2,2H3,(H,29,31)/b19-13-,28-15?. The van der Waals surface area contributed by atoms with Crippen LogP contribution in [0.4, 0.5) is 22.0 Å². The van der Waals surface area contributed by atoms with E-state index in [0.29, 0.717) is 5.92 Å². The van der Waals surface area contributed by atoms with Crippen molar-refractivity contribution >= 4 is 11.6 Å². The molecule has 1 amide bonds. The number of halogens is 5. The van der Waals surface area contributed by atoms with Gasteiger partial charge in [-0.25, -0.2) is 13.8 Å². The van der Waals surface area contributed by atoms with Gasteiger partial charge in [0.25, 0.3) is 11.8 Å². The van der Waals surface area contributed by atoms with Crippen molar-refractivity contribution in [2.24, 2.45) is 10.9 Å². The lowest BCUT2D eigenvalue weighted by Crippen LogP contribution is -2.55. The Hall–Kier alpha value is -2.98. The van der Waals surface area contributed by atoms with E-state index in [1.807, 2.05) is 5.32 Å². The quantitative estimate of drug-likeness (QED) is 0.345. The van der Waals surface area contributed by atoms with Crippen molar-refractivity contribution in [3.8, 4) is 0 Å². The number of alkyl halides is 5. The molecule has 0 aromatic carbocycles. The van der Waals surface area contributed by atoms with Crippen LogP contribution in [0.25, 0.3) is 0 Å². The maximum atomic E-state index is 13.5. The molecule has 1 unspecified atom stereocenters. The van der Waals surface area contributed by atoms with Crippen LogP contribution < -0.4 is 5.32 Å². The molecule has 1 N–H and O–H groups in total. The van der Waals surface area contributed by atoms with Crippen molar-refractivity contribution in [2.45, 2.75) is 37.9 Å². The largest absolute Gasteiger partial charge is 0.476 e. The van der Waals surface area contributed by atoms with Gasteiger partial charge >= 0.3 is 6.18 Å². The number of aromatic nitrogens is 1. The van der Waals surface area contributed by atoms with E-state index < -0.39 is 48.5 Å². The first-order valence-electron chi connectivity index (χ1n) is 9.96. The summed E-state index contributed by atoms with van der Waals surface area (Å²) >= 11 is 0. The van der Waals surface area contributed by atoms with Crippen LogP contribution in [0.2, 0.25) is 0 Å². The number of ether oxygens (including phenoxy) is 1. The van der Waals surface area contributed by atoms with Gasteiger partial charge in [0.2, 0.25) is 5.88 Å². The van der Waals surface area contributed by atoms with E-state index in [1.54, 1.807) is 0 Å². The maximum Gasteiger partial charge on any atom is 0.414 e. The van der Waals surface area contributed by atoms with E-state index in [0.717, 1.165) is 25.0 Å². The fraction of sp³-hybridized carbons (Fsp3) is 0.476. The summed E-state index contributed by atoms with van der Waals surface area (Å²) in [6.45, 7) is 4.16. The Labute approximate surface area is 181 Å². The molecule has 3 rings (SSSR count). The third kappa shape index (κ3) is 6.04. The molecule has 6 nitrogen and oxygen atoms in total. The van der Waals surface area contributed by atoms with Crippen molar-refractivity contribution in [2.75, 3.05) is 19.7 Å². The number of amides is 1. The Bertz CT molecular complexity index is 903. The highest BCUT2D eigenvalue weighted by molar-refractivity contribution is 6.43. The van der Waals surface area contributed by atoms with E-state index in [1.165, 1.54) is 30.2 Å². The molecule has 1 atom stereocenters. The van der Waals surface area contributed by atoms with Crippen LogP contribution in [-0.2, 0) is 9.53 Å². The smallest absolute Gasteiger partial charge is 0.414 e. The van der Waals surface area contributed by atoms with Gasteiger partial charge in [-0.1, -0.05) is 12.6 Å². The van der Waals surface area contributed by atoms with E-state index in [2.05, 4.69) is 16.6 Å². The summed E-state index contributed by atoms with van der Waals surface area (Å²) in [6.07, 6.45) is -0.744. The Balaban J connectivity index is 1.84. The van der Waals surface area contributed by atoms with Crippen molar-refractivity contribution in [3.63, 3.8) is 0 Å². The molecule has 1 saturated heterocycles. The third-order valence-electron chi connectivity index (χ3n) is 5.02. The minimum atomic E-state index is -4.81. The third-order valence-corrected chi connectivity index (χ3v) is 5.02. The minimum absolute atomic E-state index is 0.0983. The van der Waals surface area contributed by atoms with Crippen molar-refractivity contribution in [1.29, 1.82) is 0 Å². The molecule has 1 aliphatic heterocycles. The number of likely N-dealkylation sites (tertiary alicyclic amines) is 1. The van der Waals surface area contributed by atoms with Gasteiger partial charge in [0.15, 0.2) is 6.04 Å². The first-order chi connectivity index (χ1) is 15.0. The summed E-state index contributed by atoms with van der Waals surface area (Å²) in [5, 5.41) is 1.88. The first kappa shape index (κ1) is 23.7. The molecular weight excluding hydrogens is 435 g/mol. The molecule has 0 bridgehead atoms. The summed E-state index contributed by atoms with van der Waals surface area (Å²) in [5.41, 5.74) is -0.565. The molecule has 1 aromatic rings. The zero-order valence-corrected chi connectivity index (χ0v) is 17.3. The number of nitrogens with zero attached hydrogens (tertiary/aromatic N) is 3. The van der Waals surface area contributed by atoms with Crippen LogP contribution in [0.15, 0.2) is 53.6 Å².